The van der Waals surface area contributed by atoms with E-state index in [0.29, 0.717) is 22.5 Å². The van der Waals surface area contributed by atoms with Gasteiger partial charge in [0.1, 0.15) is 0 Å². The summed E-state index contributed by atoms with van der Waals surface area (Å²) in [6.07, 6.45) is -5.49. The van der Waals surface area contributed by atoms with E-state index >= 15 is 0 Å². The Balaban J connectivity index is 1.88. The Labute approximate surface area is 205 Å². The van der Waals surface area contributed by atoms with Gasteiger partial charge in [-0.25, -0.2) is 0 Å². The number of halogens is 6. The first-order chi connectivity index (χ1) is 16.7. The minimum atomic E-state index is -4.64. The van der Waals surface area contributed by atoms with E-state index in [1.807, 2.05) is 51.1 Å². The Morgan fingerprint density at radius 3 is 1.94 bits per heavy atom. The molecule has 0 aliphatic carbocycles. The second-order valence-corrected chi connectivity index (χ2v) is 9.55. The highest BCUT2D eigenvalue weighted by molar-refractivity contribution is 5.73. The van der Waals surface area contributed by atoms with Crippen LogP contribution in [0.25, 0.3) is 17.0 Å². The molecule has 2 heterocycles. The highest BCUT2D eigenvalue weighted by Crippen LogP contribution is 2.45. The van der Waals surface area contributed by atoms with Crippen LogP contribution in [-0.2, 0) is 6.18 Å². The lowest BCUT2D eigenvalue weighted by Crippen LogP contribution is -2.44. The van der Waals surface area contributed by atoms with E-state index in [1.54, 1.807) is 17.0 Å². The fourth-order valence-corrected chi connectivity index (χ4v) is 4.31. The Bertz CT molecular complexity index is 1280. The molecule has 36 heavy (non-hydrogen) atoms. The van der Waals surface area contributed by atoms with Crippen molar-refractivity contribution in [2.45, 2.75) is 44.7 Å². The lowest BCUT2D eigenvalue weighted by atomic mass is 9.89. The van der Waals surface area contributed by atoms with Gasteiger partial charge in [-0.05, 0) is 62.8 Å². The minimum absolute atomic E-state index is 0.307. The van der Waals surface area contributed by atoms with Crippen LogP contribution < -0.4 is 0 Å². The van der Waals surface area contributed by atoms with Crippen molar-refractivity contribution in [3.05, 3.63) is 107 Å². The van der Waals surface area contributed by atoms with Gasteiger partial charge in [0.05, 0.1) is 22.9 Å². The van der Waals surface area contributed by atoms with Crippen molar-refractivity contribution >= 4 is 5.70 Å². The van der Waals surface area contributed by atoms with Gasteiger partial charge in [0.2, 0.25) is 0 Å². The molecule has 1 aliphatic heterocycles. The number of rotatable bonds is 3. The van der Waals surface area contributed by atoms with E-state index in [1.165, 1.54) is 18.3 Å². The normalized spacial score (nSPS) is 17.0. The fourth-order valence-electron chi connectivity index (χ4n) is 4.31. The first-order valence-corrected chi connectivity index (χ1v) is 11.2. The van der Waals surface area contributed by atoms with Crippen molar-refractivity contribution in [1.82, 2.24) is 9.88 Å². The molecule has 4 rings (SSSR count). The molecule has 8 heteroatoms. The van der Waals surface area contributed by atoms with Crippen LogP contribution in [0.5, 0.6) is 0 Å². The van der Waals surface area contributed by atoms with E-state index in [-0.39, 0.29) is 0 Å². The van der Waals surface area contributed by atoms with E-state index < -0.39 is 35.1 Å². The molecule has 0 fully saturated rings. The number of aromatic nitrogens is 1. The molecule has 0 radical (unpaired) electrons. The summed E-state index contributed by atoms with van der Waals surface area (Å²) < 4.78 is 81.4. The second kappa shape index (κ2) is 9.15. The molecule has 0 amide bonds. The topological polar surface area (TPSA) is 16.1 Å². The van der Waals surface area contributed by atoms with E-state index in [4.69, 9.17) is 0 Å². The van der Waals surface area contributed by atoms with Crippen LogP contribution >= 0.6 is 0 Å². The molecule has 0 spiro atoms. The zero-order valence-electron chi connectivity index (χ0n) is 19.8. The summed E-state index contributed by atoms with van der Waals surface area (Å²) >= 11 is 0. The monoisotopic (exact) mass is 502 g/mol. The summed E-state index contributed by atoms with van der Waals surface area (Å²) in [4.78, 5) is 6.18. The van der Waals surface area contributed by atoms with Crippen LogP contribution in [0.2, 0.25) is 0 Å². The maximum atomic E-state index is 14.0. The third kappa shape index (κ3) is 5.32. The van der Waals surface area contributed by atoms with Gasteiger partial charge in [-0.15, -0.1) is 0 Å². The average molecular weight is 503 g/mol. The van der Waals surface area contributed by atoms with Gasteiger partial charge in [0.25, 0.3) is 0 Å². The summed E-state index contributed by atoms with van der Waals surface area (Å²) in [5.41, 5.74) is 0.155. The molecule has 188 valence electrons. The third-order valence-corrected chi connectivity index (χ3v) is 5.92. The van der Waals surface area contributed by atoms with Gasteiger partial charge in [-0.1, -0.05) is 42.5 Å². The molecule has 3 aromatic rings. The predicted octanol–water partition coefficient (Wildman–Crippen LogP) is 8.45. The minimum Gasteiger partial charge on any atom is -0.356 e. The Morgan fingerprint density at radius 1 is 0.750 bits per heavy atom. The van der Waals surface area contributed by atoms with Crippen molar-refractivity contribution in [2.75, 3.05) is 0 Å². The van der Waals surface area contributed by atoms with Gasteiger partial charge in [0.15, 0.2) is 0 Å². The van der Waals surface area contributed by atoms with Crippen molar-refractivity contribution in [1.29, 1.82) is 0 Å². The average Bonchev–Trinajstić information content (AvgIpc) is 2.82. The zero-order chi connectivity index (χ0) is 26.3. The summed E-state index contributed by atoms with van der Waals surface area (Å²) in [5, 5.41) is 0. The van der Waals surface area contributed by atoms with Gasteiger partial charge in [0, 0.05) is 28.6 Å². The largest absolute Gasteiger partial charge is 0.416 e. The highest BCUT2D eigenvalue weighted by atomic mass is 19.4. The van der Waals surface area contributed by atoms with Crippen LogP contribution in [0.1, 0.15) is 43.5 Å². The molecule has 0 bridgehead atoms. The number of nitrogens with zero attached hydrogens (tertiary/aromatic N) is 2. The predicted molar refractivity (Wildman–Crippen MR) is 128 cm³/mol. The van der Waals surface area contributed by atoms with Crippen LogP contribution in [0.4, 0.5) is 26.3 Å². The quantitative estimate of drug-likeness (QED) is 0.334. The summed E-state index contributed by atoms with van der Waals surface area (Å²) in [6, 6.07) is 15.9. The van der Waals surface area contributed by atoms with Crippen LogP contribution in [0, 0.1) is 0 Å². The molecular weight excluding hydrogens is 478 g/mol. The van der Waals surface area contributed by atoms with Crippen molar-refractivity contribution in [3.8, 4) is 11.3 Å². The molecule has 2 nitrogen and oxygen atoms in total. The molecule has 1 atom stereocenters. The van der Waals surface area contributed by atoms with Crippen LogP contribution in [0.15, 0.2) is 90.7 Å². The van der Waals surface area contributed by atoms with Crippen LogP contribution in [0.3, 0.4) is 0 Å². The van der Waals surface area contributed by atoms with Crippen molar-refractivity contribution in [2.24, 2.45) is 0 Å². The maximum absolute atomic E-state index is 14.0. The third-order valence-electron chi connectivity index (χ3n) is 5.92. The lowest BCUT2D eigenvalue weighted by Gasteiger charge is -2.46. The number of hydrogen-bond acceptors (Lipinski definition) is 2. The van der Waals surface area contributed by atoms with E-state index in [9.17, 15) is 26.3 Å². The van der Waals surface area contributed by atoms with Crippen molar-refractivity contribution in [3.63, 3.8) is 0 Å². The smallest absolute Gasteiger partial charge is 0.356 e. The number of benzene rings is 2. The zero-order valence-corrected chi connectivity index (χ0v) is 19.8. The molecule has 1 aromatic heterocycles. The van der Waals surface area contributed by atoms with E-state index in [0.717, 1.165) is 29.8 Å². The number of hydrogen-bond donors (Lipinski definition) is 0. The number of pyridine rings is 1. The van der Waals surface area contributed by atoms with Gasteiger partial charge >= 0.3 is 12.4 Å². The second-order valence-electron chi connectivity index (χ2n) is 9.55. The molecule has 1 aliphatic rings. The number of allylic oxidation sites excluding steroid dienone is 2. The molecule has 2 aromatic carbocycles. The Hall–Kier alpha value is -3.55. The Kier molecular flexibility index (Phi) is 6.49. The Morgan fingerprint density at radius 2 is 1.39 bits per heavy atom. The summed E-state index contributed by atoms with van der Waals surface area (Å²) in [6.45, 7) is 5.55. The summed E-state index contributed by atoms with van der Waals surface area (Å²) in [5.74, 6) is 0. The van der Waals surface area contributed by atoms with E-state index in [2.05, 4.69) is 4.98 Å². The first kappa shape index (κ1) is 25.5. The first-order valence-electron chi connectivity index (χ1n) is 11.2. The molecule has 0 N–H and O–H groups in total. The van der Waals surface area contributed by atoms with Gasteiger partial charge in [-0.3, -0.25) is 4.98 Å². The maximum Gasteiger partial charge on any atom is 0.416 e. The molecule has 0 saturated heterocycles. The number of alkyl halides is 6. The SMILES string of the molecule is CC(C)(C)N1C(c2ccnc(-c3ccccc3)c2)=CC(C(F)(F)F)=CC1c1ccc(C(F)(F)F)cc1. The van der Waals surface area contributed by atoms with Crippen LogP contribution in [-0.4, -0.2) is 21.6 Å². The summed E-state index contributed by atoms with van der Waals surface area (Å²) in [7, 11) is 0. The molecule has 0 saturated carbocycles. The fraction of sp³-hybridized carbons (Fsp3) is 0.250. The lowest BCUT2D eigenvalue weighted by molar-refractivity contribution is -0.137. The van der Waals surface area contributed by atoms with Gasteiger partial charge in [-0.2, -0.15) is 26.3 Å². The molecular formula is C28H24F6N2. The van der Waals surface area contributed by atoms with Gasteiger partial charge < -0.3 is 4.90 Å². The van der Waals surface area contributed by atoms with Crippen molar-refractivity contribution < 1.29 is 26.3 Å². The highest BCUT2D eigenvalue weighted by Gasteiger charge is 2.41. The standard InChI is InChI=1S/C28H24F6N2/c1-26(2,3)36-24(19-9-11-21(12-10-19)27(29,30)31)16-22(28(32,33)34)17-25(36)20-13-14-35-23(15-20)18-7-5-4-6-8-18/h4-17,24H,1-3H3. The molecule has 1 unspecified atom stereocenters.